The maximum Gasteiger partial charge on any atom is 0.406 e. The number of benzene rings is 1. The van der Waals surface area contributed by atoms with Crippen LogP contribution in [-0.4, -0.2) is 30.6 Å². The van der Waals surface area contributed by atoms with E-state index in [1.54, 1.807) is 0 Å². The predicted molar refractivity (Wildman–Crippen MR) is 63.9 cm³/mol. The molecule has 0 spiro atoms. The van der Waals surface area contributed by atoms with E-state index in [1.165, 1.54) is 12.1 Å². The van der Waals surface area contributed by atoms with Gasteiger partial charge in [0, 0.05) is 12.7 Å². The molecule has 2 N–H and O–H groups in total. The average molecular weight is 301 g/mol. The van der Waals surface area contributed by atoms with Gasteiger partial charge in [-0.15, -0.1) is 0 Å². The third-order valence-electron chi connectivity index (χ3n) is 2.04. The van der Waals surface area contributed by atoms with Crippen molar-refractivity contribution in [1.82, 2.24) is 4.90 Å². The van der Waals surface area contributed by atoms with Crippen LogP contribution in [0.1, 0.15) is 10.4 Å². The number of amides is 1. The fourth-order valence-corrected chi connectivity index (χ4v) is 1.73. The van der Waals surface area contributed by atoms with Crippen molar-refractivity contribution in [3.05, 3.63) is 27.7 Å². The number of carbonyl (C=O) groups excluding carboxylic acids is 1. The molecule has 0 saturated heterocycles. The van der Waals surface area contributed by atoms with Crippen molar-refractivity contribution < 1.29 is 18.0 Å². The van der Waals surface area contributed by atoms with Crippen molar-refractivity contribution in [2.75, 3.05) is 19.3 Å². The molecule has 0 bridgehead atoms. The number of nitrogens with zero attached hydrogens (tertiary/aromatic N) is 1. The number of anilines is 1. The number of halogens is 5. The highest BCUT2D eigenvalue weighted by molar-refractivity contribution is 6.44. The molecule has 1 aromatic rings. The largest absolute Gasteiger partial charge is 0.406 e. The Balaban J connectivity index is 3.04. The molecule has 0 saturated carbocycles. The van der Waals surface area contributed by atoms with E-state index in [4.69, 9.17) is 28.9 Å². The van der Waals surface area contributed by atoms with E-state index in [1.807, 2.05) is 0 Å². The lowest BCUT2D eigenvalue weighted by Crippen LogP contribution is -2.36. The van der Waals surface area contributed by atoms with Gasteiger partial charge < -0.3 is 10.6 Å². The number of alkyl halides is 3. The smallest absolute Gasteiger partial charge is 0.399 e. The van der Waals surface area contributed by atoms with Crippen molar-refractivity contribution in [1.29, 1.82) is 0 Å². The lowest BCUT2D eigenvalue weighted by molar-refractivity contribution is -0.138. The number of nitrogen functional groups attached to an aromatic ring is 1. The number of rotatable bonds is 2. The van der Waals surface area contributed by atoms with Crippen LogP contribution in [0, 0.1) is 0 Å². The Hall–Kier alpha value is -1.14. The summed E-state index contributed by atoms with van der Waals surface area (Å²) in [5.41, 5.74) is 5.45. The quantitative estimate of drug-likeness (QED) is 0.853. The van der Waals surface area contributed by atoms with Crippen LogP contribution in [0.25, 0.3) is 0 Å². The lowest BCUT2D eigenvalue weighted by atomic mass is 10.1. The first-order valence-electron chi connectivity index (χ1n) is 4.68. The zero-order chi connectivity index (χ0) is 14.1. The van der Waals surface area contributed by atoms with Crippen molar-refractivity contribution in [2.24, 2.45) is 0 Å². The van der Waals surface area contributed by atoms with Crippen LogP contribution >= 0.6 is 23.2 Å². The Morgan fingerprint density at radius 2 is 1.94 bits per heavy atom. The van der Waals surface area contributed by atoms with Gasteiger partial charge in [0.15, 0.2) is 0 Å². The molecule has 0 aromatic heterocycles. The number of hydrogen-bond donors (Lipinski definition) is 1. The monoisotopic (exact) mass is 300 g/mol. The molecule has 0 aliphatic heterocycles. The van der Waals surface area contributed by atoms with E-state index >= 15 is 0 Å². The Morgan fingerprint density at radius 1 is 1.39 bits per heavy atom. The van der Waals surface area contributed by atoms with Gasteiger partial charge in [-0.25, -0.2) is 0 Å². The van der Waals surface area contributed by atoms with Crippen molar-refractivity contribution in [2.45, 2.75) is 6.18 Å². The summed E-state index contributed by atoms with van der Waals surface area (Å²) in [6, 6.07) is 2.49. The van der Waals surface area contributed by atoms with Crippen LogP contribution in [0.5, 0.6) is 0 Å². The summed E-state index contributed by atoms with van der Waals surface area (Å²) in [5.74, 6) is -0.897. The Kier molecular flexibility index (Phi) is 4.34. The molecule has 1 aromatic carbocycles. The van der Waals surface area contributed by atoms with Gasteiger partial charge in [0.05, 0.1) is 15.6 Å². The molecular formula is C10H9Cl2F3N2O. The van der Waals surface area contributed by atoms with E-state index in [0.29, 0.717) is 4.90 Å². The first kappa shape index (κ1) is 14.9. The van der Waals surface area contributed by atoms with Crippen LogP contribution in [0.15, 0.2) is 12.1 Å². The van der Waals surface area contributed by atoms with Crippen LogP contribution < -0.4 is 5.73 Å². The highest BCUT2D eigenvalue weighted by atomic mass is 35.5. The number of nitrogens with two attached hydrogens (primary N) is 1. The summed E-state index contributed by atoms with van der Waals surface area (Å²) in [4.78, 5) is 12.3. The normalized spacial score (nSPS) is 11.4. The fraction of sp³-hybridized carbons (Fsp3) is 0.300. The van der Waals surface area contributed by atoms with Gasteiger partial charge in [-0.1, -0.05) is 23.2 Å². The van der Waals surface area contributed by atoms with Gasteiger partial charge in [-0.2, -0.15) is 13.2 Å². The van der Waals surface area contributed by atoms with Crippen molar-refractivity contribution >= 4 is 34.8 Å². The SMILES string of the molecule is CN(CC(F)(F)F)C(=O)c1cc(N)cc(Cl)c1Cl. The molecule has 100 valence electrons. The molecule has 0 atom stereocenters. The molecule has 0 aliphatic rings. The van der Waals surface area contributed by atoms with E-state index in [-0.39, 0.29) is 21.3 Å². The third kappa shape index (κ3) is 3.68. The van der Waals surface area contributed by atoms with Crippen LogP contribution in [0.4, 0.5) is 18.9 Å². The summed E-state index contributed by atoms with van der Waals surface area (Å²) in [5, 5.41) is -0.106. The first-order valence-corrected chi connectivity index (χ1v) is 5.44. The summed E-state index contributed by atoms with van der Waals surface area (Å²) in [6.07, 6.45) is -4.49. The predicted octanol–water partition coefficient (Wildman–Crippen LogP) is 3.21. The minimum Gasteiger partial charge on any atom is -0.399 e. The fourth-order valence-electron chi connectivity index (χ4n) is 1.31. The molecule has 0 fully saturated rings. The molecule has 0 radical (unpaired) electrons. The van der Waals surface area contributed by atoms with Gasteiger partial charge in [0.25, 0.3) is 5.91 Å². The Morgan fingerprint density at radius 3 is 2.44 bits per heavy atom. The third-order valence-corrected chi connectivity index (χ3v) is 2.85. The summed E-state index contributed by atoms with van der Waals surface area (Å²) in [6.45, 7) is -1.38. The van der Waals surface area contributed by atoms with Gasteiger partial charge >= 0.3 is 6.18 Å². The van der Waals surface area contributed by atoms with Gasteiger partial charge in [0.1, 0.15) is 6.54 Å². The molecule has 1 rings (SSSR count). The summed E-state index contributed by atoms with van der Waals surface area (Å²) < 4.78 is 36.5. The molecular weight excluding hydrogens is 292 g/mol. The lowest BCUT2D eigenvalue weighted by Gasteiger charge is -2.20. The highest BCUT2D eigenvalue weighted by Crippen LogP contribution is 2.30. The maximum atomic E-state index is 12.2. The van der Waals surface area contributed by atoms with E-state index in [9.17, 15) is 18.0 Å². The topological polar surface area (TPSA) is 46.3 Å². The second-order valence-corrected chi connectivity index (χ2v) is 4.43. The second kappa shape index (κ2) is 5.24. The van der Waals surface area contributed by atoms with Gasteiger partial charge in [-0.05, 0) is 12.1 Å². The summed E-state index contributed by atoms with van der Waals surface area (Å²) >= 11 is 11.5. The van der Waals surface area contributed by atoms with E-state index < -0.39 is 18.6 Å². The first-order chi connectivity index (χ1) is 8.11. The molecule has 18 heavy (non-hydrogen) atoms. The van der Waals surface area contributed by atoms with Crippen LogP contribution in [0.2, 0.25) is 10.0 Å². The van der Waals surface area contributed by atoms with Crippen molar-refractivity contribution in [3.63, 3.8) is 0 Å². The van der Waals surface area contributed by atoms with Gasteiger partial charge in [-0.3, -0.25) is 4.79 Å². The Bertz CT molecular complexity index is 477. The van der Waals surface area contributed by atoms with Crippen LogP contribution in [-0.2, 0) is 0 Å². The van der Waals surface area contributed by atoms with E-state index in [0.717, 1.165) is 7.05 Å². The summed E-state index contributed by atoms with van der Waals surface area (Å²) in [7, 11) is 1.02. The minimum atomic E-state index is -4.49. The van der Waals surface area contributed by atoms with Gasteiger partial charge in [0.2, 0.25) is 0 Å². The van der Waals surface area contributed by atoms with Crippen molar-refractivity contribution in [3.8, 4) is 0 Å². The standard InChI is InChI=1S/C10H9Cl2F3N2O/c1-17(4-10(13,14)15)9(18)6-2-5(16)3-7(11)8(6)12/h2-3H,4,16H2,1H3. The maximum absolute atomic E-state index is 12.2. The second-order valence-electron chi connectivity index (χ2n) is 3.64. The number of hydrogen-bond acceptors (Lipinski definition) is 2. The van der Waals surface area contributed by atoms with E-state index in [2.05, 4.69) is 0 Å². The average Bonchev–Trinajstić information content (AvgIpc) is 2.19. The molecule has 0 heterocycles. The highest BCUT2D eigenvalue weighted by Gasteiger charge is 2.32. The minimum absolute atomic E-state index is 0.0143. The zero-order valence-corrected chi connectivity index (χ0v) is 10.7. The molecule has 8 heteroatoms. The zero-order valence-electron chi connectivity index (χ0n) is 9.18. The molecule has 3 nitrogen and oxygen atoms in total. The molecule has 1 amide bonds. The Labute approximate surface area is 111 Å². The number of carbonyl (C=O) groups is 1. The van der Waals surface area contributed by atoms with Crippen LogP contribution in [0.3, 0.4) is 0 Å². The molecule has 0 unspecified atom stereocenters. The molecule has 0 aliphatic carbocycles.